The van der Waals surface area contributed by atoms with Gasteiger partial charge in [-0.25, -0.2) is 4.98 Å². The molecule has 0 atom stereocenters. The standard InChI is InChI=1S/C20H20BrN3O2S/c1-12-5-6-16(13(2)7-12)17-11-27-20(23-17)24-22-10-14-8-15(21)9-18(25-3)19(14)26-4/h5-11H,1-4H3,(H,23,24)/b22-10-. The van der Waals surface area contributed by atoms with Gasteiger partial charge in [0.25, 0.3) is 0 Å². The minimum Gasteiger partial charge on any atom is -0.493 e. The topological polar surface area (TPSA) is 55.7 Å². The second-order valence-electron chi connectivity index (χ2n) is 5.96. The van der Waals surface area contributed by atoms with Crippen molar-refractivity contribution in [2.45, 2.75) is 13.8 Å². The van der Waals surface area contributed by atoms with Crippen LogP contribution in [0.3, 0.4) is 0 Å². The van der Waals surface area contributed by atoms with Crippen LogP contribution in [0.5, 0.6) is 11.5 Å². The molecule has 0 saturated heterocycles. The van der Waals surface area contributed by atoms with Gasteiger partial charge < -0.3 is 9.47 Å². The lowest BCUT2D eigenvalue weighted by molar-refractivity contribution is 0.354. The second kappa shape index (κ2) is 8.54. The Bertz CT molecular complexity index is 985. The van der Waals surface area contributed by atoms with Crippen molar-refractivity contribution < 1.29 is 9.47 Å². The van der Waals surface area contributed by atoms with Gasteiger partial charge in [0.15, 0.2) is 11.5 Å². The van der Waals surface area contributed by atoms with Gasteiger partial charge in [-0.2, -0.15) is 5.10 Å². The summed E-state index contributed by atoms with van der Waals surface area (Å²) in [6.45, 7) is 4.19. The fraction of sp³-hybridized carbons (Fsp3) is 0.200. The first-order valence-electron chi connectivity index (χ1n) is 8.25. The number of rotatable bonds is 6. The predicted octanol–water partition coefficient (Wildman–Crippen LogP) is 5.65. The quantitative estimate of drug-likeness (QED) is 0.393. The first-order chi connectivity index (χ1) is 13.0. The highest BCUT2D eigenvalue weighted by molar-refractivity contribution is 9.10. The lowest BCUT2D eigenvalue weighted by Gasteiger charge is -2.10. The van der Waals surface area contributed by atoms with Crippen LogP contribution in [0.2, 0.25) is 0 Å². The molecule has 140 valence electrons. The number of hydrazone groups is 1. The van der Waals surface area contributed by atoms with E-state index in [2.05, 4.69) is 63.5 Å². The van der Waals surface area contributed by atoms with E-state index in [1.165, 1.54) is 22.5 Å². The van der Waals surface area contributed by atoms with E-state index >= 15 is 0 Å². The van der Waals surface area contributed by atoms with Crippen molar-refractivity contribution in [3.63, 3.8) is 0 Å². The molecule has 0 unspecified atom stereocenters. The van der Waals surface area contributed by atoms with Gasteiger partial charge in [0.05, 0.1) is 26.1 Å². The Labute approximate surface area is 171 Å². The summed E-state index contributed by atoms with van der Waals surface area (Å²) in [5.74, 6) is 1.26. The monoisotopic (exact) mass is 445 g/mol. The third kappa shape index (κ3) is 4.48. The number of hydrogen-bond donors (Lipinski definition) is 1. The number of aromatic nitrogens is 1. The zero-order valence-corrected chi connectivity index (χ0v) is 17.9. The number of ether oxygens (including phenoxy) is 2. The van der Waals surface area contributed by atoms with Crippen molar-refractivity contribution in [3.8, 4) is 22.8 Å². The molecule has 1 N–H and O–H groups in total. The number of nitrogens with one attached hydrogen (secondary N) is 1. The van der Waals surface area contributed by atoms with E-state index in [0.717, 1.165) is 26.4 Å². The number of hydrogen-bond acceptors (Lipinski definition) is 6. The first-order valence-corrected chi connectivity index (χ1v) is 9.93. The summed E-state index contributed by atoms with van der Waals surface area (Å²) >= 11 is 4.98. The van der Waals surface area contributed by atoms with Gasteiger partial charge in [-0.15, -0.1) is 11.3 Å². The number of nitrogens with zero attached hydrogens (tertiary/aromatic N) is 2. The molecule has 7 heteroatoms. The van der Waals surface area contributed by atoms with E-state index in [-0.39, 0.29) is 0 Å². The summed E-state index contributed by atoms with van der Waals surface area (Å²) in [7, 11) is 3.21. The number of aryl methyl sites for hydroxylation is 2. The number of benzene rings is 2. The zero-order valence-electron chi connectivity index (χ0n) is 15.5. The summed E-state index contributed by atoms with van der Waals surface area (Å²) in [6.07, 6.45) is 1.68. The van der Waals surface area contributed by atoms with Crippen LogP contribution in [0.15, 0.2) is 45.3 Å². The van der Waals surface area contributed by atoms with Gasteiger partial charge in [-0.1, -0.05) is 39.7 Å². The number of thiazole rings is 1. The fourth-order valence-electron chi connectivity index (χ4n) is 2.76. The molecule has 3 rings (SSSR count). The second-order valence-corrected chi connectivity index (χ2v) is 7.73. The van der Waals surface area contributed by atoms with Crippen molar-refractivity contribution in [1.82, 2.24) is 4.98 Å². The maximum Gasteiger partial charge on any atom is 0.203 e. The van der Waals surface area contributed by atoms with Crippen LogP contribution in [0.25, 0.3) is 11.3 Å². The number of halogens is 1. The van der Waals surface area contributed by atoms with Crippen molar-refractivity contribution in [1.29, 1.82) is 0 Å². The van der Waals surface area contributed by atoms with Gasteiger partial charge >= 0.3 is 0 Å². The molecule has 0 aliphatic heterocycles. The van der Waals surface area contributed by atoms with Crippen LogP contribution >= 0.6 is 27.3 Å². The first kappa shape index (κ1) is 19.4. The highest BCUT2D eigenvalue weighted by Crippen LogP contribution is 2.34. The third-order valence-electron chi connectivity index (χ3n) is 4.00. The van der Waals surface area contributed by atoms with E-state index in [1.54, 1.807) is 20.4 Å². The lowest BCUT2D eigenvalue weighted by Crippen LogP contribution is -1.97. The van der Waals surface area contributed by atoms with E-state index in [0.29, 0.717) is 11.5 Å². The Kier molecular flexibility index (Phi) is 6.13. The van der Waals surface area contributed by atoms with E-state index in [9.17, 15) is 0 Å². The molecule has 27 heavy (non-hydrogen) atoms. The molecular weight excluding hydrogens is 426 g/mol. The van der Waals surface area contributed by atoms with Crippen LogP contribution in [-0.2, 0) is 0 Å². The van der Waals surface area contributed by atoms with Crippen LogP contribution in [0.1, 0.15) is 16.7 Å². The van der Waals surface area contributed by atoms with Crippen LogP contribution in [0.4, 0.5) is 5.13 Å². The normalized spacial score (nSPS) is 11.0. The maximum absolute atomic E-state index is 5.43. The largest absolute Gasteiger partial charge is 0.493 e. The maximum atomic E-state index is 5.43. The Morgan fingerprint density at radius 3 is 2.67 bits per heavy atom. The summed E-state index contributed by atoms with van der Waals surface area (Å²) < 4.78 is 11.7. The minimum absolute atomic E-state index is 0.626. The highest BCUT2D eigenvalue weighted by Gasteiger charge is 2.11. The molecule has 0 amide bonds. The molecule has 0 spiro atoms. The SMILES string of the molecule is COc1cc(Br)cc(/C=N\Nc2nc(-c3ccc(C)cc3C)cs2)c1OC. The van der Waals surface area contributed by atoms with Gasteiger partial charge in [0, 0.05) is 21.0 Å². The zero-order chi connectivity index (χ0) is 19.4. The van der Waals surface area contributed by atoms with Gasteiger partial charge in [0.1, 0.15) is 0 Å². The van der Waals surface area contributed by atoms with Crippen LogP contribution in [0, 0.1) is 13.8 Å². The molecule has 3 aromatic rings. The molecule has 2 aromatic carbocycles. The molecule has 0 fully saturated rings. The number of methoxy groups -OCH3 is 2. The molecule has 0 bridgehead atoms. The fourth-order valence-corrected chi connectivity index (χ4v) is 3.88. The molecule has 0 radical (unpaired) electrons. The molecule has 1 aromatic heterocycles. The Morgan fingerprint density at radius 1 is 1.15 bits per heavy atom. The number of anilines is 1. The summed E-state index contributed by atoms with van der Waals surface area (Å²) in [5.41, 5.74) is 8.31. The average Bonchev–Trinajstić information content (AvgIpc) is 3.09. The van der Waals surface area contributed by atoms with Gasteiger partial charge in [-0.05, 0) is 31.5 Å². The lowest BCUT2D eigenvalue weighted by atomic mass is 10.0. The van der Waals surface area contributed by atoms with Crippen LogP contribution in [-0.4, -0.2) is 25.4 Å². The predicted molar refractivity (Wildman–Crippen MR) is 115 cm³/mol. The molecule has 5 nitrogen and oxygen atoms in total. The van der Waals surface area contributed by atoms with Gasteiger partial charge in [-0.3, -0.25) is 5.43 Å². The Balaban J connectivity index is 1.78. The van der Waals surface area contributed by atoms with Crippen LogP contribution < -0.4 is 14.9 Å². The molecule has 1 heterocycles. The molecule has 0 aliphatic carbocycles. The van der Waals surface area contributed by atoms with Gasteiger partial charge in [0.2, 0.25) is 5.13 Å². The Hall–Kier alpha value is -2.38. The van der Waals surface area contributed by atoms with E-state index in [1.807, 2.05) is 17.5 Å². The highest BCUT2D eigenvalue weighted by atomic mass is 79.9. The minimum atomic E-state index is 0.626. The van der Waals surface area contributed by atoms with Crippen molar-refractivity contribution >= 4 is 38.6 Å². The van der Waals surface area contributed by atoms with E-state index in [4.69, 9.17) is 9.47 Å². The van der Waals surface area contributed by atoms with Crippen molar-refractivity contribution in [3.05, 3.63) is 56.9 Å². The van der Waals surface area contributed by atoms with Crippen molar-refractivity contribution in [2.24, 2.45) is 5.10 Å². The smallest absolute Gasteiger partial charge is 0.203 e. The Morgan fingerprint density at radius 2 is 1.96 bits per heavy atom. The summed E-state index contributed by atoms with van der Waals surface area (Å²) in [5, 5.41) is 7.05. The summed E-state index contributed by atoms with van der Waals surface area (Å²) in [4.78, 5) is 4.62. The van der Waals surface area contributed by atoms with E-state index < -0.39 is 0 Å². The molecule has 0 saturated carbocycles. The average molecular weight is 446 g/mol. The third-order valence-corrected chi connectivity index (χ3v) is 5.20. The molecular formula is C20H20BrN3O2S. The summed E-state index contributed by atoms with van der Waals surface area (Å²) in [6, 6.07) is 10.1. The van der Waals surface area contributed by atoms with Crippen molar-refractivity contribution in [2.75, 3.05) is 19.6 Å². The molecule has 0 aliphatic rings.